The summed E-state index contributed by atoms with van der Waals surface area (Å²) in [5, 5.41) is 4.42. The first-order valence-electron chi connectivity index (χ1n) is 7.95. The predicted octanol–water partition coefficient (Wildman–Crippen LogP) is 3.32. The highest BCUT2D eigenvalue weighted by Crippen LogP contribution is 2.39. The Morgan fingerprint density at radius 1 is 1.39 bits per heavy atom. The summed E-state index contributed by atoms with van der Waals surface area (Å²) < 4.78 is 1.07. The van der Waals surface area contributed by atoms with Crippen molar-refractivity contribution in [2.45, 2.75) is 38.3 Å². The zero-order chi connectivity index (χ0) is 15.3. The van der Waals surface area contributed by atoms with E-state index >= 15 is 0 Å². The molecule has 1 unspecified atom stereocenters. The van der Waals surface area contributed by atoms with Crippen molar-refractivity contribution in [2.24, 2.45) is 5.92 Å². The van der Waals surface area contributed by atoms with Crippen LogP contribution in [-0.4, -0.2) is 40.5 Å². The Morgan fingerprint density at radius 2 is 2.13 bits per heavy atom. The van der Waals surface area contributed by atoms with E-state index in [4.69, 9.17) is 0 Å². The highest BCUT2D eigenvalue weighted by atomic mass is 35.5. The second-order valence-corrected chi connectivity index (χ2v) is 8.04. The summed E-state index contributed by atoms with van der Waals surface area (Å²) in [6.45, 7) is 6.85. The first-order chi connectivity index (χ1) is 10.6. The van der Waals surface area contributed by atoms with Crippen LogP contribution in [0.25, 0.3) is 10.1 Å². The Morgan fingerprint density at radius 3 is 2.78 bits per heavy atom. The Bertz CT molecular complexity index is 688. The van der Waals surface area contributed by atoms with Gasteiger partial charge in [-0.05, 0) is 63.2 Å². The highest BCUT2D eigenvalue weighted by molar-refractivity contribution is 7.20. The van der Waals surface area contributed by atoms with E-state index in [1.807, 2.05) is 18.3 Å². The largest absolute Gasteiger partial charge is 0.346 e. The van der Waals surface area contributed by atoms with Gasteiger partial charge in [0.1, 0.15) is 0 Å². The summed E-state index contributed by atoms with van der Waals surface area (Å²) >= 11 is 1.53. The molecule has 0 aromatic carbocycles. The van der Waals surface area contributed by atoms with Crippen LogP contribution in [0.1, 0.15) is 36.4 Å². The molecule has 124 valence electrons. The van der Waals surface area contributed by atoms with Gasteiger partial charge in [0.15, 0.2) is 0 Å². The molecule has 23 heavy (non-hydrogen) atoms. The Hall–Kier alpha value is -1.17. The molecule has 3 aliphatic heterocycles. The lowest BCUT2D eigenvalue weighted by Gasteiger charge is -2.56. The fraction of sp³-hybridized carbons (Fsp3) is 0.529. The van der Waals surface area contributed by atoms with Crippen LogP contribution in [0.3, 0.4) is 0 Å². The molecule has 1 amide bonds. The topological polar surface area (TPSA) is 45.2 Å². The number of nitrogens with one attached hydrogen (secondary N) is 1. The lowest BCUT2D eigenvalue weighted by atomic mass is 9.72. The summed E-state index contributed by atoms with van der Waals surface area (Å²) in [4.78, 5) is 20.1. The molecule has 5 rings (SSSR count). The lowest BCUT2D eigenvalue weighted by Crippen LogP contribution is -2.69. The van der Waals surface area contributed by atoms with Gasteiger partial charge in [-0.1, -0.05) is 0 Å². The fourth-order valence-corrected chi connectivity index (χ4v) is 5.02. The summed E-state index contributed by atoms with van der Waals surface area (Å²) in [5.74, 6) is 0.674. The van der Waals surface area contributed by atoms with E-state index in [-0.39, 0.29) is 29.9 Å². The summed E-state index contributed by atoms with van der Waals surface area (Å²) in [5.41, 5.74) is 0.0507. The van der Waals surface area contributed by atoms with Crippen molar-refractivity contribution in [2.75, 3.05) is 13.1 Å². The number of piperidine rings is 3. The minimum Gasteiger partial charge on any atom is -0.346 e. The fourth-order valence-electron chi connectivity index (χ4n) is 4.09. The van der Waals surface area contributed by atoms with Crippen LogP contribution in [-0.2, 0) is 0 Å². The van der Waals surface area contributed by atoms with E-state index in [9.17, 15) is 4.79 Å². The molecule has 3 saturated heterocycles. The van der Waals surface area contributed by atoms with Crippen LogP contribution in [0.4, 0.5) is 0 Å². The van der Waals surface area contributed by atoms with Gasteiger partial charge in [-0.2, -0.15) is 0 Å². The second-order valence-electron chi connectivity index (χ2n) is 6.95. The number of nitrogens with zero attached hydrogens (tertiary/aromatic N) is 2. The van der Waals surface area contributed by atoms with E-state index in [0.29, 0.717) is 5.92 Å². The molecule has 0 saturated carbocycles. The molecule has 2 aromatic rings. The van der Waals surface area contributed by atoms with Crippen LogP contribution in [0.15, 0.2) is 24.5 Å². The van der Waals surface area contributed by atoms with Crippen molar-refractivity contribution in [1.29, 1.82) is 0 Å². The number of thiophene rings is 1. The number of carbonyl (C=O) groups excluding carboxylic acids is 1. The van der Waals surface area contributed by atoms with Crippen molar-refractivity contribution < 1.29 is 4.79 Å². The molecule has 5 heterocycles. The molecular weight excluding hydrogens is 330 g/mol. The molecule has 4 nitrogen and oxygen atoms in total. The monoisotopic (exact) mass is 351 g/mol. The van der Waals surface area contributed by atoms with Gasteiger partial charge in [0.25, 0.3) is 5.91 Å². The Balaban J connectivity index is 0.00000156. The SMILES string of the molecule is CC1(C)C(NC(=O)c2cc3ccncc3s2)C2CCN1CC2.Cl. The first kappa shape index (κ1) is 16.7. The van der Waals surface area contributed by atoms with Gasteiger partial charge in [-0.3, -0.25) is 14.7 Å². The number of hydrogen-bond acceptors (Lipinski definition) is 4. The molecule has 2 bridgehead atoms. The van der Waals surface area contributed by atoms with Gasteiger partial charge >= 0.3 is 0 Å². The average molecular weight is 352 g/mol. The van der Waals surface area contributed by atoms with Crippen molar-refractivity contribution in [3.63, 3.8) is 0 Å². The lowest BCUT2D eigenvalue weighted by molar-refractivity contribution is -0.0377. The van der Waals surface area contributed by atoms with E-state index in [1.165, 1.54) is 37.3 Å². The molecule has 0 radical (unpaired) electrons. The number of aromatic nitrogens is 1. The number of fused-ring (bicyclic) bond motifs is 4. The summed E-state index contributed by atoms with van der Waals surface area (Å²) in [6.07, 6.45) is 6.00. The van der Waals surface area contributed by atoms with Crippen molar-refractivity contribution in [3.05, 3.63) is 29.4 Å². The summed E-state index contributed by atoms with van der Waals surface area (Å²) in [6, 6.07) is 4.18. The normalized spacial score (nSPS) is 28.3. The van der Waals surface area contributed by atoms with Crippen LogP contribution in [0, 0.1) is 5.92 Å². The van der Waals surface area contributed by atoms with E-state index in [0.717, 1.165) is 15.0 Å². The van der Waals surface area contributed by atoms with Gasteiger partial charge in [-0.15, -0.1) is 23.7 Å². The van der Waals surface area contributed by atoms with Crippen LogP contribution in [0.2, 0.25) is 0 Å². The van der Waals surface area contributed by atoms with E-state index in [2.05, 4.69) is 29.0 Å². The molecule has 6 heteroatoms. The zero-order valence-corrected chi connectivity index (χ0v) is 15.0. The number of rotatable bonds is 2. The van der Waals surface area contributed by atoms with Gasteiger partial charge in [0.05, 0.1) is 9.58 Å². The standard InChI is InChI=1S/C17H21N3OS.ClH/c1-17(2)15(11-4-7-20(17)8-5-11)19-16(21)13-9-12-3-6-18-10-14(12)22-13;/h3,6,9-11,15H,4-5,7-8H2,1-2H3,(H,19,21);1H. The Labute approximate surface area is 146 Å². The van der Waals surface area contributed by atoms with Gasteiger partial charge < -0.3 is 5.32 Å². The van der Waals surface area contributed by atoms with Crippen LogP contribution >= 0.6 is 23.7 Å². The maximum Gasteiger partial charge on any atom is 0.261 e. The molecule has 0 aliphatic carbocycles. The van der Waals surface area contributed by atoms with Crippen molar-refractivity contribution in [1.82, 2.24) is 15.2 Å². The predicted molar refractivity (Wildman–Crippen MR) is 96.5 cm³/mol. The quantitative estimate of drug-likeness (QED) is 0.902. The van der Waals surface area contributed by atoms with E-state index < -0.39 is 0 Å². The number of amides is 1. The average Bonchev–Trinajstić information content (AvgIpc) is 2.95. The maximum atomic E-state index is 12.7. The molecule has 0 spiro atoms. The third-order valence-corrected chi connectivity index (χ3v) is 6.50. The number of hydrogen-bond donors (Lipinski definition) is 1. The molecular formula is C17H22ClN3OS. The highest BCUT2D eigenvalue weighted by Gasteiger charge is 2.48. The maximum absolute atomic E-state index is 12.7. The summed E-state index contributed by atoms with van der Waals surface area (Å²) in [7, 11) is 0. The number of halogens is 1. The molecule has 3 aliphatic rings. The molecule has 2 aromatic heterocycles. The van der Waals surface area contributed by atoms with Gasteiger partial charge in [0.2, 0.25) is 0 Å². The minimum atomic E-state index is 0. The van der Waals surface area contributed by atoms with Crippen molar-refractivity contribution >= 4 is 39.7 Å². The van der Waals surface area contributed by atoms with E-state index in [1.54, 1.807) is 6.20 Å². The molecule has 1 atom stereocenters. The smallest absolute Gasteiger partial charge is 0.261 e. The van der Waals surface area contributed by atoms with Gasteiger partial charge in [0, 0.05) is 24.0 Å². The third kappa shape index (κ3) is 2.75. The second kappa shape index (κ2) is 6.04. The number of carbonyl (C=O) groups is 1. The third-order valence-electron chi connectivity index (χ3n) is 5.42. The molecule has 1 N–H and O–H groups in total. The molecule has 3 fully saturated rings. The minimum absolute atomic E-state index is 0. The van der Waals surface area contributed by atoms with Crippen LogP contribution in [0.5, 0.6) is 0 Å². The Kier molecular flexibility index (Phi) is 4.38. The first-order valence-corrected chi connectivity index (χ1v) is 8.77. The van der Waals surface area contributed by atoms with Crippen molar-refractivity contribution in [3.8, 4) is 0 Å². The zero-order valence-electron chi connectivity index (χ0n) is 13.4. The van der Waals surface area contributed by atoms with Gasteiger partial charge in [-0.25, -0.2) is 0 Å². The van der Waals surface area contributed by atoms with Crippen LogP contribution < -0.4 is 5.32 Å². The number of pyridine rings is 1.